The van der Waals surface area contributed by atoms with Gasteiger partial charge >= 0.3 is 0 Å². The largest absolute Gasteiger partial charge is 0.343 e. The number of anilines is 1. The van der Waals surface area contributed by atoms with Gasteiger partial charge in [-0.15, -0.1) is 0 Å². The number of hydrogen-bond donors (Lipinski definition) is 2. The van der Waals surface area contributed by atoms with Crippen LogP contribution in [0.3, 0.4) is 0 Å². The monoisotopic (exact) mass is 293 g/mol. The fraction of sp³-hybridized carbons (Fsp3) is 0.467. The molecular formula is C15H20FN3O2. The lowest BCUT2D eigenvalue weighted by molar-refractivity contribution is -0.127. The van der Waals surface area contributed by atoms with Crippen LogP contribution in [0, 0.1) is 5.82 Å². The Morgan fingerprint density at radius 3 is 2.90 bits per heavy atom. The van der Waals surface area contributed by atoms with Crippen molar-refractivity contribution in [1.29, 1.82) is 0 Å². The third kappa shape index (κ3) is 3.39. The van der Waals surface area contributed by atoms with E-state index in [1.54, 1.807) is 18.2 Å². The molecule has 0 aliphatic carbocycles. The molecule has 2 atom stereocenters. The minimum absolute atomic E-state index is 0.247. The Kier molecular flexibility index (Phi) is 4.90. The van der Waals surface area contributed by atoms with E-state index in [2.05, 4.69) is 5.32 Å². The molecule has 1 aromatic carbocycles. The quantitative estimate of drug-likeness (QED) is 0.856. The average molecular weight is 293 g/mol. The smallest absolute Gasteiger partial charge is 0.249 e. The summed E-state index contributed by atoms with van der Waals surface area (Å²) in [6, 6.07) is 4.88. The number of para-hydroxylation sites is 1. The SMILES string of the molecule is CCCC(N)C(=O)NC1CCN(c2ccccc2F)C1=O. The second kappa shape index (κ2) is 6.67. The lowest BCUT2D eigenvalue weighted by atomic mass is 10.1. The molecule has 1 heterocycles. The second-order valence-corrected chi connectivity index (χ2v) is 5.19. The van der Waals surface area contributed by atoms with Crippen molar-refractivity contribution in [3.8, 4) is 0 Å². The van der Waals surface area contributed by atoms with E-state index in [1.165, 1.54) is 11.0 Å². The molecule has 2 unspecified atom stereocenters. The maximum atomic E-state index is 13.7. The van der Waals surface area contributed by atoms with Crippen molar-refractivity contribution in [2.75, 3.05) is 11.4 Å². The molecule has 1 fully saturated rings. The first-order chi connectivity index (χ1) is 10.0. The zero-order valence-electron chi connectivity index (χ0n) is 12.0. The number of carbonyl (C=O) groups excluding carboxylic acids is 2. The lowest BCUT2D eigenvalue weighted by Gasteiger charge is -2.18. The van der Waals surface area contributed by atoms with Gasteiger partial charge in [-0.1, -0.05) is 25.5 Å². The highest BCUT2D eigenvalue weighted by atomic mass is 19.1. The summed E-state index contributed by atoms with van der Waals surface area (Å²) < 4.78 is 13.7. The Bertz CT molecular complexity index is 535. The topological polar surface area (TPSA) is 75.4 Å². The van der Waals surface area contributed by atoms with Gasteiger partial charge in [0.25, 0.3) is 0 Å². The summed E-state index contributed by atoms with van der Waals surface area (Å²) in [6.07, 6.45) is 1.83. The van der Waals surface area contributed by atoms with Gasteiger partial charge in [0.1, 0.15) is 11.9 Å². The van der Waals surface area contributed by atoms with Crippen LogP contribution < -0.4 is 16.0 Å². The van der Waals surface area contributed by atoms with Gasteiger partial charge in [0.2, 0.25) is 11.8 Å². The minimum atomic E-state index is -0.625. The Morgan fingerprint density at radius 1 is 1.52 bits per heavy atom. The van der Waals surface area contributed by atoms with Gasteiger partial charge < -0.3 is 16.0 Å². The van der Waals surface area contributed by atoms with Gasteiger partial charge in [-0.2, -0.15) is 0 Å². The zero-order valence-corrected chi connectivity index (χ0v) is 12.0. The van der Waals surface area contributed by atoms with Crippen molar-refractivity contribution in [2.45, 2.75) is 38.3 Å². The molecule has 1 aliphatic rings. The second-order valence-electron chi connectivity index (χ2n) is 5.19. The van der Waals surface area contributed by atoms with Crippen LogP contribution >= 0.6 is 0 Å². The van der Waals surface area contributed by atoms with Crippen molar-refractivity contribution in [3.05, 3.63) is 30.1 Å². The predicted octanol–water partition coefficient (Wildman–Crippen LogP) is 1.17. The molecule has 2 rings (SSSR count). The van der Waals surface area contributed by atoms with Gasteiger partial charge in [0.05, 0.1) is 11.7 Å². The average Bonchev–Trinajstić information content (AvgIpc) is 2.81. The highest BCUT2D eigenvalue weighted by molar-refractivity contribution is 6.01. The number of amides is 2. The van der Waals surface area contributed by atoms with Crippen LogP contribution in [0.2, 0.25) is 0 Å². The molecule has 1 aliphatic heterocycles. The number of hydrogen-bond acceptors (Lipinski definition) is 3. The van der Waals surface area contributed by atoms with E-state index in [1.807, 2.05) is 6.92 Å². The van der Waals surface area contributed by atoms with Gasteiger partial charge in [-0.05, 0) is 25.0 Å². The summed E-state index contributed by atoms with van der Waals surface area (Å²) in [7, 11) is 0. The van der Waals surface area contributed by atoms with E-state index in [-0.39, 0.29) is 17.5 Å². The van der Waals surface area contributed by atoms with Crippen molar-refractivity contribution in [1.82, 2.24) is 5.32 Å². The molecule has 6 heteroatoms. The number of nitrogens with zero attached hydrogens (tertiary/aromatic N) is 1. The Balaban J connectivity index is 2.02. The molecule has 0 bridgehead atoms. The molecule has 1 saturated heterocycles. The first-order valence-electron chi connectivity index (χ1n) is 7.16. The maximum Gasteiger partial charge on any atom is 0.249 e. The highest BCUT2D eigenvalue weighted by Gasteiger charge is 2.35. The van der Waals surface area contributed by atoms with Crippen LogP contribution in [0.5, 0.6) is 0 Å². The highest BCUT2D eigenvalue weighted by Crippen LogP contribution is 2.24. The first-order valence-corrected chi connectivity index (χ1v) is 7.16. The van der Waals surface area contributed by atoms with Crippen molar-refractivity contribution in [3.63, 3.8) is 0 Å². The molecular weight excluding hydrogens is 273 g/mol. The molecule has 0 radical (unpaired) electrons. The Hall–Kier alpha value is -1.95. The summed E-state index contributed by atoms with van der Waals surface area (Å²) in [5, 5.41) is 2.65. The molecule has 5 nitrogen and oxygen atoms in total. The van der Waals surface area contributed by atoms with Crippen LogP contribution in [0.25, 0.3) is 0 Å². The van der Waals surface area contributed by atoms with E-state index >= 15 is 0 Å². The van der Waals surface area contributed by atoms with E-state index in [0.29, 0.717) is 19.4 Å². The van der Waals surface area contributed by atoms with Crippen LogP contribution in [-0.4, -0.2) is 30.4 Å². The third-order valence-corrected chi connectivity index (χ3v) is 3.60. The standard InChI is InChI=1S/C15H20FN3O2/c1-2-5-11(17)14(20)18-12-8-9-19(15(12)21)13-7-4-3-6-10(13)16/h3-4,6-7,11-12H,2,5,8-9,17H2,1H3,(H,18,20). The number of benzene rings is 1. The number of carbonyl (C=O) groups is 2. The van der Waals surface area contributed by atoms with Crippen molar-refractivity contribution >= 4 is 17.5 Å². The fourth-order valence-electron chi connectivity index (χ4n) is 2.44. The van der Waals surface area contributed by atoms with E-state index in [4.69, 9.17) is 5.73 Å². The van der Waals surface area contributed by atoms with Crippen LogP contribution in [-0.2, 0) is 9.59 Å². The number of rotatable bonds is 5. The summed E-state index contributed by atoms with van der Waals surface area (Å²) in [5.74, 6) is -1.07. The molecule has 3 N–H and O–H groups in total. The summed E-state index contributed by atoms with van der Waals surface area (Å²) in [4.78, 5) is 25.5. The maximum absolute atomic E-state index is 13.7. The number of nitrogens with one attached hydrogen (secondary N) is 1. The first kappa shape index (κ1) is 15.4. The van der Waals surface area contributed by atoms with Gasteiger partial charge in [-0.3, -0.25) is 9.59 Å². The molecule has 1 aromatic rings. The van der Waals surface area contributed by atoms with Crippen LogP contribution in [0.4, 0.5) is 10.1 Å². The molecule has 114 valence electrons. The fourth-order valence-corrected chi connectivity index (χ4v) is 2.44. The van der Waals surface area contributed by atoms with E-state index in [9.17, 15) is 14.0 Å². The summed E-state index contributed by atoms with van der Waals surface area (Å²) in [6.45, 7) is 2.32. The molecule has 2 amide bonds. The van der Waals surface area contributed by atoms with E-state index in [0.717, 1.165) is 6.42 Å². The van der Waals surface area contributed by atoms with Crippen molar-refractivity contribution < 1.29 is 14.0 Å². The Morgan fingerprint density at radius 2 is 2.24 bits per heavy atom. The minimum Gasteiger partial charge on any atom is -0.343 e. The number of halogens is 1. The molecule has 0 saturated carbocycles. The predicted molar refractivity (Wildman–Crippen MR) is 78.2 cm³/mol. The zero-order chi connectivity index (χ0) is 15.4. The Labute approximate surface area is 123 Å². The summed E-state index contributed by atoms with van der Waals surface area (Å²) >= 11 is 0. The van der Waals surface area contributed by atoms with E-state index < -0.39 is 17.9 Å². The summed E-state index contributed by atoms with van der Waals surface area (Å²) in [5.41, 5.74) is 5.97. The molecule has 0 aromatic heterocycles. The number of nitrogens with two attached hydrogens (primary N) is 1. The van der Waals surface area contributed by atoms with Crippen LogP contribution in [0.15, 0.2) is 24.3 Å². The van der Waals surface area contributed by atoms with Crippen LogP contribution in [0.1, 0.15) is 26.2 Å². The van der Waals surface area contributed by atoms with Gasteiger partial charge in [0, 0.05) is 6.54 Å². The molecule has 0 spiro atoms. The van der Waals surface area contributed by atoms with Gasteiger partial charge in [-0.25, -0.2) is 4.39 Å². The third-order valence-electron chi connectivity index (χ3n) is 3.60. The lowest BCUT2D eigenvalue weighted by Crippen LogP contribution is -2.48. The molecule has 21 heavy (non-hydrogen) atoms. The normalized spacial score (nSPS) is 19.7. The van der Waals surface area contributed by atoms with Crippen molar-refractivity contribution in [2.24, 2.45) is 5.73 Å². The van der Waals surface area contributed by atoms with Gasteiger partial charge in [0.15, 0.2) is 0 Å².